The molecule has 0 saturated carbocycles. The molecule has 0 aliphatic rings. The summed E-state index contributed by atoms with van der Waals surface area (Å²) in [7, 11) is 0. The van der Waals surface area contributed by atoms with Crippen molar-refractivity contribution in [1.82, 2.24) is 0 Å². The van der Waals surface area contributed by atoms with Gasteiger partial charge < -0.3 is 5.32 Å². The maximum atomic E-state index is 3.63. The highest BCUT2D eigenvalue weighted by atomic mass is 79.9. The molecule has 19 heavy (non-hydrogen) atoms. The predicted octanol–water partition coefficient (Wildman–Crippen LogP) is 5.79. The molecule has 0 unspecified atom stereocenters. The summed E-state index contributed by atoms with van der Waals surface area (Å²) in [5.41, 5.74) is 2.53. The van der Waals surface area contributed by atoms with Crippen LogP contribution < -0.4 is 5.32 Å². The van der Waals surface area contributed by atoms with Crippen molar-refractivity contribution in [2.24, 2.45) is 0 Å². The van der Waals surface area contributed by atoms with Crippen molar-refractivity contribution in [3.63, 3.8) is 0 Å². The second-order valence-corrected chi connectivity index (χ2v) is 5.67. The van der Waals surface area contributed by atoms with Crippen LogP contribution in [-0.2, 0) is 0 Å². The first-order valence-corrected chi connectivity index (χ1v) is 7.66. The number of halogens is 1. The molecule has 0 spiro atoms. The zero-order chi connectivity index (χ0) is 13.5. The molecule has 0 saturated heterocycles. The van der Waals surface area contributed by atoms with Gasteiger partial charge in [0.25, 0.3) is 0 Å². The van der Waals surface area contributed by atoms with E-state index < -0.39 is 0 Å². The Kier molecular flexibility index (Phi) is 5.46. The highest BCUT2D eigenvalue weighted by molar-refractivity contribution is 9.10. The summed E-state index contributed by atoms with van der Waals surface area (Å²) in [6.07, 6.45) is 3.62. The number of hydrogen-bond acceptors (Lipinski definition) is 1. The second-order valence-electron chi connectivity index (χ2n) is 4.76. The van der Waals surface area contributed by atoms with Gasteiger partial charge in [-0.1, -0.05) is 66.0 Å². The SMILES string of the molecule is CCCC[C@@H](Nc1ccccc1)c1ccc(Br)cc1. The Balaban J connectivity index is 2.13. The minimum absolute atomic E-state index is 0.385. The first-order valence-electron chi connectivity index (χ1n) is 6.86. The van der Waals surface area contributed by atoms with Crippen LogP contribution in [0.5, 0.6) is 0 Å². The van der Waals surface area contributed by atoms with Gasteiger partial charge in [-0.2, -0.15) is 0 Å². The van der Waals surface area contributed by atoms with Crippen LogP contribution in [0.15, 0.2) is 59.1 Å². The number of para-hydroxylation sites is 1. The summed E-state index contributed by atoms with van der Waals surface area (Å²) in [4.78, 5) is 0. The van der Waals surface area contributed by atoms with Gasteiger partial charge in [-0.15, -0.1) is 0 Å². The Morgan fingerprint density at radius 2 is 1.68 bits per heavy atom. The van der Waals surface area contributed by atoms with Gasteiger partial charge in [0.05, 0.1) is 6.04 Å². The molecule has 2 aromatic carbocycles. The van der Waals surface area contributed by atoms with Gasteiger partial charge in [0.2, 0.25) is 0 Å². The van der Waals surface area contributed by atoms with E-state index in [2.05, 4.69) is 76.7 Å². The number of unbranched alkanes of at least 4 members (excludes halogenated alkanes) is 1. The van der Waals surface area contributed by atoms with Crippen LogP contribution in [0.4, 0.5) is 5.69 Å². The van der Waals surface area contributed by atoms with Crippen LogP contribution in [-0.4, -0.2) is 0 Å². The molecule has 100 valence electrons. The molecule has 2 aromatic rings. The average Bonchev–Trinajstić information content (AvgIpc) is 2.45. The molecule has 1 N–H and O–H groups in total. The molecular formula is C17H20BrN. The summed E-state index contributed by atoms with van der Waals surface area (Å²) >= 11 is 3.49. The minimum Gasteiger partial charge on any atom is -0.378 e. The van der Waals surface area contributed by atoms with Crippen molar-refractivity contribution in [1.29, 1.82) is 0 Å². The lowest BCUT2D eigenvalue weighted by Gasteiger charge is -2.20. The minimum atomic E-state index is 0.385. The van der Waals surface area contributed by atoms with Gasteiger partial charge in [-0.25, -0.2) is 0 Å². The molecular weight excluding hydrogens is 298 g/mol. The molecule has 0 amide bonds. The van der Waals surface area contributed by atoms with E-state index in [1.54, 1.807) is 0 Å². The van der Waals surface area contributed by atoms with E-state index in [9.17, 15) is 0 Å². The van der Waals surface area contributed by atoms with Crippen molar-refractivity contribution in [3.05, 3.63) is 64.6 Å². The predicted molar refractivity (Wildman–Crippen MR) is 86.5 cm³/mol. The van der Waals surface area contributed by atoms with Crippen molar-refractivity contribution in [2.75, 3.05) is 5.32 Å². The highest BCUT2D eigenvalue weighted by Crippen LogP contribution is 2.25. The van der Waals surface area contributed by atoms with Gasteiger partial charge in [0.15, 0.2) is 0 Å². The Morgan fingerprint density at radius 3 is 2.32 bits per heavy atom. The summed E-state index contributed by atoms with van der Waals surface area (Å²) in [5.74, 6) is 0. The van der Waals surface area contributed by atoms with E-state index in [1.165, 1.54) is 24.1 Å². The molecule has 0 heterocycles. The third-order valence-corrected chi connectivity index (χ3v) is 3.76. The Hall–Kier alpha value is -1.28. The topological polar surface area (TPSA) is 12.0 Å². The molecule has 1 nitrogen and oxygen atoms in total. The van der Waals surface area contributed by atoms with Gasteiger partial charge >= 0.3 is 0 Å². The van der Waals surface area contributed by atoms with Gasteiger partial charge in [-0.3, -0.25) is 0 Å². The highest BCUT2D eigenvalue weighted by Gasteiger charge is 2.10. The summed E-state index contributed by atoms with van der Waals surface area (Å²) in [5, 5.41) is 3.63. The van der Waals surface area contributed by atoms with Crippen LogP contribution in [0.25, 0.3) is 0 Å². The van der Waals surface area contributed by atoms with E-state index in [1.807, 2.05) is 6.07 Å². The van der Waals surface area contributed by atoms with Crippen LogP contribution in [0.1, 0.15) is 37.8 Å². The van der Waals surface area contributed by atoms with Crippen molar-refractivity contribution in [2.45, 2.75) is 32.2 Å². The Bertz CT molecular complexity index is 478. The van der Waals surface area contributed by atoms with E-state index in [0.29, 0.717) is 6.04 Å². The number of benzene rings is 2. The summed E-state index contributed by atoms with van der Waals surface area (Å²) < 4.78 is 1.13. The Morgan fingerprint density at radius 1 is 1.00 bits per heavy atom. The third kappa shape index (κ3) is 4.39. The van der Waals surface area contributed by atoms with E-state index in [-0.39, 0.29) is 0 Å². The molecule has 0 fully saturated rings. The van der Waals surface area contributed by atoms with Crippen molar-refractivity contribution in [3.8, 4) is 0 Å². The molecule has 0 bridgehead atoms. The molecule has 0 aromatic heterocycles. The van der Waals surface area contributed by atoms with E-state index >= 15 is 0 Å². The molecule has 2 rings (SSSR count). The standard InChI is InChI=1S/C17H20BrN/c1-2-3-9-17(14-10-12-15(18)13-11-14)19-16-7-5-4-6-8-16/h4-8,10-13,17,19H,2-3,9H2,1H3/t17-/m1/s1. The number of rotatable bonds is 6. The maximum Gasteiger partial charge on any atom is 0.0513 e. The molecule has 0 aliphatic heterocycles. The van der Waals surface area contributed by atoms with Gasteiger partial charge in [0, 0.05) is 10.2 Å². The zero-order valence-corrected chi connectivity index (χ0v) is 12.9. The fourth-order valence-electron chi connectivity index (χ4n) is 2.16. The lowest BCUT2D eigenvalue weighted by molar-refractivity contribution is 0.634. The summed E-state index contributed by atoms with van der Waals surface area (Å²) in [6, 6.07) is 19.4. The quantitative estimate of drug-likeness (QED) is 0.710. The van der Waals surface area contributed by atoms with Crippen LogP contribution in [0, 0.1) is 0 Å². The molecule has 2 heteroatoms. The third-order valence-electron chi connectivity index (χ3n) is 3.23. The first kappa shape index (κ1) is 14.1. The molecule has 0 radical (unpaired) electrons. The summed E-state index contributed by atoms with van der Waals surface area (Å²) in [6.45, 7) is 2.24. The van der Waals surface area contributed by atoms with E-state index in [4.69, 9.17) is 0 Å². The first-order chi connectivity index (χ1) is 9.29. The zero-order valence-electron chi connectivity index (χ0n) is 11.3. The maximum absolute atomic E-state index is 3.63. The van der Waals surface area contributed by atoms with Gasteiger partial charge in [-0.05, 0) is 36.2 Å². The Labute approximate surface area is 124 Å². The van der Waals surface area contributed by atoms with E-state index in [0.717, 1.165) is 10.9 Å². The normalized spacial score (nSPS) is 12.1. The number of hydrogen-bond donors (Lipinski definition) is 1. The molecule has 0 aliphatic carbocycles. The fraction of sp³-hybridized carbons (Fsp3) is 0.294. The lowest BCUT2D eigenvalue weighted by Crippen LogP contribution is -2.10. The fourth-order valence-corrected chi connectivity index (χ4v) is 2.43. The van der Waals surface area contributed by atoms with Crippen LogP contribution in [0.2, 0.25) is 0 Å². The van der Waals surface area contributed by atoms with Crippen molar-refractivity contribution >= 4 is 21.6 Å². The van der Waals surface area contributed by atoms with Gasteiger partial charge in [0.1, 0.15) is 0 Å². The second kappa shape index (κ2) is 7.34. The average molecular weight is 318 g/mol. The largest absolute Gasteiger partial charge is 0.378 e. The molecule has 1 atom stereocenters. The monoisotopic (exact) mass is 317 g/mol. The lowest BCUT2D eigenvalue weighted by atomic mass is 10.0. The number of anilines is 1. The van der Waals surface area contributed by atoms with Crippen LogP contribution >= 0.6 is 15.9 Å². The van der Waals surface area contributed by atoms with Crippen LogP contribution in [0.3, 0.4) is 0 Å². The number of nitrogens with one attached hydrogen (secondary N) is 1. The smallest absolute Gasteiger partial charge is 0.0513 e. The van der Waals surface area contributed by atoms with Crippen molar-refractivity contribution < 1.29 is 0 Å².